The third-order valence-electron chi connectivity index (χ3n) is 2.48. The molecule has 1 unspecified atom stereocenters. The van der Waals surface area contributed by atoms with Crippen molar-refractivity contribution in [3.63, 3.8) is 0 Å². The second-order valence-electron chi connectivity index (χ2n) is 3.89. The summed E-state index contributed by atoms with van der Waals surface area (Å²) in [5.74, 6) is 1.63. The van der Waals surface area contributed by atoms with Crippen molar-refractivity contribution in [2.45, 2.75) is 18.9 Å². The third-order valence-corrected chi connectivity index (χ3v) is 2.48. The molecule has 1 aromatic carbocycles. The average molecular weight is 232 g/mol. The van der Waals surface area contributed by atoms with Crippen LogP contribution in [0, 0.1) is 0 Å². The lowest BCUT2D eigenvalue weighted by Gasteiger charge is -2.10. The Labute approximate surface area is 101 Å². The quantitative estimate of drug-likeness (QED) is 0.832. The third kappa shape index (κ3) is 3.96. The van der Waals surface area contributed by atoms with Crippen molar-refractivity contribution in [2.24, 2.45) is 0 Å². The van der Waals surface area contributed by atoms with Crippen LogP contribution in [0.5, 0.6) is 5.75 Å². The molecule has 90 valence electrons. The largest absolute Gasteiger partial charge is 0.493 e. The number of ether oxygens (including phenoxy) is 1. The molecule has 0 saturated carbocycles. The van der Waals surface area contributed by atoms with Gasteiger partial charge in [-0.1, -0.05) is 18.2 Å². The van der Waals surface area contributed by atoms with Gasteiger partial charge < -0.3 is 14.3 Å². The van der Waals surface area contributed by atoms with Crippen molar-refractivity contribution in [3.8, 4) is 5.75 Å². The molecule has 0 saturated heterocycles. The van der Waals surface area contributed by atoms with Crippen LogP contribution in [-0.4, -0.2) is 17.8 Å². The summed E-state index contributed by atoms with van der Waals surface area (Å²) in [6, 6.07) is 13.3. The molecule has 1 atom stereocenters. The van der Waals surface area contributed by atoms with E-state index in [4.69, 9.17) is 9.15 Å². The highest BCUT2D eigenvalue weighted by atomic mass is 16.5. The molecule has 0 bridgehead atoms. The highest BCUT2D eigenvalue weighted by Crippen LogP contribution is 2.10. The van der Waals surface area contributed by atoms with Gasteiger partial charge in [0.05, 0.1) is 19.0 Å². The van der Waals surface area contributed by atoms with Gasteiger partial charge in [-0.15, -0.1) is 0 Å². The molecule has 0 aliphatic rings. The Balaban J connectivity index is 1.68. The summed E-state index contributed by atoms with van der Waals surface area (Å²) in [6.07, 6.45) is 2.31. The summed E-state index contributed by atoms with van der Waals surface area (Å²) in [7, 11) is 0. The first-order chi connectivity index (χ1) is 8.34. The van der Waals surface area contributed by atoms with E-state index in [1.54, 1.807) is 6.26 Å². The van der Waals surface area contributed by atoms with E-state index in [9.17, 15) is 5.11 Å². The van der Waals surface area contributed by atoms with Crippen molar-refractivity contribution in [3.05, 3.63) is 54.5 Å². The van der Waals surface area contributed by atoms with Crippen LogP contribution < -0.4 is 4.74 Å². The van der Waals surface area contributed by atoms with E-state index < -0.39 is 6.10 Å². The summed E-state index contributed by atoms with van der Waals surface area (Å²) in [6.45, 7) is 0.506. The van der Waals surface area contributed by atoms with Gasteiger partial charge in [0.25, 0.3) is 0 Å². The summed E-state index contributed by atoms with van der Waals surface area (Å²) in [4.78, 5) is 0. The Kier molecular flexibility index (Phi) is 4.22. The lowest BCUT2D eigenvalue weighted by Crippen LogP contribution is -2.14. The SMILES string of the molecule is OC(CCOc1ccccc1)Cc1ccco1. The van der Waals surface area contributed by atoms with Crippen molar-refractivity contribution >= 4 is 0 Å². The molecule has 0 aliphatic carbocycles. The summed E-state index contributed by atoms with van der Waals surface area (Å²) in [5.41, 5.74) is 0. The monoisotopic (exact) mass is 232 g/mol. The fourth-order valence-electron chi connectivity index (χ4n) is 1.59. The topological polar surface area (TPSA) is 42.6 Å². The molecule has 1 heterocycles. The predicted molar refractivity (Wildman–Crippen MR) is 65.0 cm³/mol. The fraction of sp³-hybridized carbons (Fsp3) is 0.286. The smallest absolute Gasteiger partial charge is 0.119 e. The van der Waals surface area contributed by atoms with Gasteiger partial charge in [-0.3, -0.25) is 0 Å². The van der Waals surface area contributed by atoms with E-state index in [0.717, 1.165) is 11.5 Å². The molecule has 17 heavy (non-hydrogen) atoms. The maximum atomic E-state index is 9.76. The van der Waals surface area contributed by atoms with Crippen molar-refractivity contribution in [1.29, 1.82) is 0 Å². The highest BCUT2D eigenvalue weighted by molar-refractivity contribution is 5.20. The van der Waals surface area contributed by atoms with Crippen LogP contribution in [-0.2, 0) is 6.42 Å². The van der Waals surface area contributed by atoms with Crippen LogP contribution in [0.2, 0.25) is 0 Å². The average Bonchev–Trinajstić information content (AvgIpc) is 2.83. The van der Waals surface area contributed by atoms with Gasteiger partial charge in [-0.05, 0) is 24.3 Å². The normalized spacial score (nSPS) is 12.3. The molecule has 2 rings (SSSR count). The fourth-order valence-corrected chi connectivity index (χ4v) is 1.59. The predicted octanol–water partition coefficient (Wildman–Crippen LogP) is 2.65. The van der Waals surface area contributed by atoms with Crippen molar-refractivity contribution < 1.29 is 14.3 Å². The van der Waals surface area contributed by atoms with Crippen LogP contribution in [0.15, 0.2) is 53.1 Å². The molecule has 2 aromatic rings. The van der Waals surface area contributed by atoms with Gasteiger partial charge >= 0.3 is 0 Å². The van der Waals surface area contributed by atoms with Gasteiger partial charge in [-0.2, -0.15) is 0 Å². The Bertz CT molecular complexity index is 408. The van der Waals surface area contributed by atoms with E-state index in [1.807, 2.05) is 42.5 Å². The Morgan fingerprint density at radius 1 is 1.12 bits per heavy atom. The minimum Gasteiger partial charge on any atom is -0.493 e. The second-order valence-corrected chi connectivity index (χ2v) is 3.89. The summed E-state index contributed by atoms with van der Waals surface area (Å²) >= 11 is 0. The Hall–Kier alpha value is -1.74. The zero-order valence-corrected chi connectivity index (χ0v) is 9.58. The molecule has 0 spiro atoms. The number of aliphatic hydroxyl groups excluding tert-OH is 1. The van der Waals surface area contributed by atoms with E-state index in [0.29, 0.717) is 19.4 Å². The number of benzene rings is 1. The van der Waals surface area contributed by atoms with Gasteiger partial charge in [0, 0.05) is 12.8 Å². The molecule has 0 aliphatic heterocycles. The molecule has 0 fully saturated rings. The summed E-state index contributed by atoms with van der Waals surface area (Å²) < 4.78 is 10.7. The van der Waals surface area contributed by atoms with E-state index >= 15 is 0 Å². The first-order valence-corrected chi connectivity index (χ1v) is 5.73. The lowest BCUT2D eigenvalue weighted by atomic mass is 10.1. The first-order valence-electron chi connectivity index (χ1n) is 5.73. The summed E-state index contributed by atoms with van der Waals surface area (Å²) in [5, 5.41) is 9.76. The van der Waals surface area contributed by atoms with E-state index in [2.05, 4.69) is 0 Å². The van der Waals surface area contributed by atoms with Crippen LogP contribution in [0.3, 0.4) is 0 Å². The minimum atomic E-state index is -0.426. The van der Waals surface area contributed by atoms with Crippen molar-refractivity contribution in [1.82, 2.24) is 0 Å². The Morgan fingerprint density at radius 3 is 2.65 bits per heavy atom. The zero-order chi connectivity index (χ0) is 11.9. The van der Waals surface area contributed by atoms with E-state index in [-0.39, 0.29) is 0 Å². The lowest BCUT2D eigenvalue weighted by molar-refractivity contribution is 0.134. The maximum Gasteiger partial charge on any atom is 0.119 e. The number of furan rings is 1. The molecule has 3 heteroatoms. The van der Waals surface area contributed by atoms with E-state index in [1.165, 1.54) is 0 Å². The van der Waals surface area contributed by atoms with Gasteiger partial charge in [0.1, 0.15) is 11.5 Å². The van der Waals surface area contributed by atoms with Crippen LogP contribution >= 0.6 is 0 Å². The number of hydrogen-bond acceptors (Lipinski definition) is 3. The molecular formula is C14H16O3. The van der Waals surface area contributed by atoms with Crippen LogP contribution in [0.1, 0.15) is 12.2 Å². The first kappa shape index (κ1) is 11.7. The van der Waals surface area contributed by atoms with Gasteiger partial charge in [-0.25, -0.2) is 0 Å². The standard InChI is InChI=1S/C14H16O3/c15-12(11-14-7-4-9-16-14)8-10-17-13-5-2-1-3-6-13/h1-7,9,12,15H,8,10-11H2. The number of hydrogen-bond donors (Lipinski definition) is 1. The number of aliphatic hydroxyl groups is 1. The van der Waals surface area contributed by atoms with Gasteiger partial charge in [0.15, 0.2) is 0 Å². The molecule has 0 radical (unpaired) electrons. The molecule has 3 nitrogen and oxygen atoms in total. The maximum absolute atomic E-state index is 9.76. The van der Waals surface area contributed by atoms with Crippen LogP contribution in [0.25, 0.3) is 0 Å². The second kappa shape index (κ2) is 6.11. The molecule has 1 aromatic heterocycles. The van der Waals surface area contributed by atoms with Crippen molar-refractivity contribution in [2.75, 3.05) is 6.61 Å². The van der Waals surface area contributed by atoms with Crippen LogP contribution in [0.4, 0.5) is 0 Å². The minimum absolute atomic E-state index is 0.426. The molecule has 0 amide bonds. The van der Waals surface area contributed by atoms with Gasteiger partial charge in [0.2, 0.25) is 0 Å². The zero-order valence-electron chi connectivity index (χ0n) is 9.58. The molecular weight excluding hydrogens is 216 g/mol. The number of para-hydroxylation sites is 1. The highest BCUT2D eigenvalue weighted by Gasteiger charge is 2.07. The molecule has 1 N–H and O–H groups in total. The number of rotatable bonds is 6. The Morgan fingerprint density at radius 2 is 1.94 bits per heavy atom.